The molecule has 4 nitrogen and oxygen atoms in total. The highest BCUT2D eigenvalue weighted by Crippen LogP contribution is 2.55. The van der Waals surface area contributed by atoms with E-state index in [0.717, 1.165) is 0 Å². The van der Waals surface area contributed by atoms with E-state index in [1.807, 2.05) is 42.3 Å². The minimum atomic E-state index is -1.69. The lowest BCUT2D eigenvalue weighted by Gasteiger charge is -2.35. The van der Waals surface area contributed by atoms with Crippen LogP contribution in [0.2, 0.25) is 0 Å². The van der Waals surface area contributed by atoms with Gasteiger partial charge in [0.05, 0.1) is 0 Å². The summed E-state index contributed by atoms with van der Waals surface area (Å²) in [5, 5.41) is 0. The van der Waals surface area contributed by atoms with Crippen LogP contribution in [0.4, 0.5) is 0 Å². The second-order valence-electron chi connectivity index (χ2n) is 3.16. The lowest BCUT2D eigenvalue weighted by molar-refractivity contribution is 0.460. The maximum atomic E-state index is 6.22. The van der Waals surface area contributed by atoms with E-state index < -0.39 is 7.87 Å². The van der Waals surface area contributed by atoms with Gasteiger partial charge in [-0.3, -0.25) is 0 Å². The van der Waals surface area contributed by atoms with Crippen molar-refractivity contribution in [2.75, 3.05) is 42.3 Å². The fraction of sp³-hybridized carbons (Fsp3) is 1.00. The highest BCUT2D eigenvalue weighted by atomic mass is 35.5. The van der Waals surface area contributed by atoms with Crippen molar-refractivity contribution < 1.29 is 0 Å². The largest absolute Gasteiger partial charge is 0.301 e. The van der Waals surface area contributed by atoms with Crippen molar-refractivity contribution in [3.05, 3.63) is 0 Å². The van der Waals surface area contributed by atoms with Crippen LogP contribution >= 0.6 is 20.3 Å². The topological polar surface area (TPSA) is 35.7 Å². The maximum Gasteiger partial charge on any atom is 0.301 e. The third kappa shape index (κ3) is 2.80. The standard InChI is InChI=1S/C6H20N4P.ClH/c1-8(2)11(7,9(3)4)10(5)6;/h7H2,1-6H3;1H/q+1;. The van der Waals surface area contributed by atoms with E-state index >= 15 is 0 Å². The third-order valence-corrected chi connectivity index (χ3v) is 5.30. The first-order chi connectivity index (χ1) is 4.83. The molecule has 0 aliphatic carbocycles. The lowest BCUT2D eigenvalue weighted by Crippen LogP contribution is -2.40. The van der Waals surface area contributed by atoms with Gasteiger partial charge in [0.15, 0.2) is 0 Å². The quantitative estimate of drug-likeness (QED) is 0.705. The molecule has 0 aromatic carbocycles. The minimum Gasteiger partial charge on any atom is -0.158 e. The average molecular weight is 216 g/mol. The van der Waals surface area contributed by atoms with E-state index in [9.17, 15) is 0 Å². The zero-order valence-electron chi connectivity index (χ0n) is 8.77. The Balaban J connectivity index is 0. The number of nitrogens with zero attached hydrogens (tertiary/aromatic N) is 3. The Bertz CT molecular complexity index is 107. The zero-order chi connectivity index (χ0) is 9.23. The van der Waals surface area contributed by atoms with Crippen LogP contribution in [0.1, 0.15) is 0 Å². The second kappa shape index (κ2) is 5.32. The molecule has 0 unspecified atom stereocenters. The summed E-state index contributed by atoms with van der Waals surface area (Å²) < 4.78 is 6.23. The molecule has 2 N–H and O–H groups in total. The summed E-state index contributed by atoms with van der Waals surface area (Å²) in [7, 11) is 10.4. The van der Waals surface area contributed by atoms with Crippen molar-refractivity contribution in [2.24, 2.45) is 5.50 Å². The molecule has 76 valence electrons. The van der Waals surface area contributed by atoms with Crippen molar-refractivity contribution in [3.63, 3.8) is 0 Å². The molecule has 0 spiro atoms. The minimum absolute atomic E-state index is 0. The van der Waals surface area contributed by atoms with Gasteiger partial charge in [-0.2, -0.15) is 5.50 Å². The number of hydrogen-bond donors (Lipinski definition) is 1. The van der Waals surface area contributed by atoms with E-state index in [2.05, 4.69) is 14.0 Å². The van der Waals surface area contributed by atoms with Crippen molar-refractivity contribution in [2.45, 2.75) is 0 Å². The number of halogens is 1. The molecule has 0 rings (SSSR count). The Hall–Kier alpha value is 0.560. The monoisotopic (exact) mass is 215 g/mol. The van der Waals surface area contributed by atoms with Gasteiger partial charge in [0.2, 0.25) is 0 Å². The average Bonchev–Trinajstić information content (AvgIpc) is 1.84. The van der Waals surface area contributed by atoms with Crippen LogP contribution in [0, 0.1) is 0 Å². The fourth-order valence-electron chi connectivity index (χ4n) is 1.07. The summed E-state index contributed by atoms with van der Waals surface area (Å²) in [5.41, 5.74) is 6.22. The van der Waals surface area contributed by atoms with Gasteiger partial charge in [-0.1, -0.05) is 0 Å². The first-order valence-electron chi connectivity index (χ1n) is 3.54. The van der Waals surface area contributed by atoms with Crippen LogP contribution in [0.15, 0.2) is 0 Å². The van der Waals surface area contributed by atoms with Gasteiger partial charge in [-0.25, -0.2) is 0 Å². The Kier molecular flexibility index (Phi) is 6.68. The van der Waals surface area contributed by atoms with Crippen molar-refractivity contribution in [3.8, 4) is 0 Å². The summed E-state index contributed by atoms with van der Waals surface area (Å²) >= 11 is 0. The number of hydrogen-bond acceptors (Lipinski definition) is 4. The van der Waals surface area contributed by atoms with Crippen molar-refractivity contribution in [1.29, 1.82) is 0 Å². The molecule has 12 heavy (non-hydrogen) atoms. The van der Waals surface area contributed by atoms with Crippen molar-refractivity contribution >= 4 is 20.3 Å². The normalized spacial score (nSPS) is 12.5. The van der Waals surface area contributed by atoms with E-state index in [-0.39, 0.29) is 12.4 Å². The molecule has 0 aromatic rings. The van der Waals surface area contributed by atoms with Gasteiger partial charge in [0.25, 0.3) is 0 Å². The first-order valence-corrected chi connectivity index (χ1v) is 5.26. The lowest BCUT2D eigenvalue weighted by atomic mass is 11.2. The first kappa shape index (κ1) is 15.1. The van der Waals surface area contributed by atoms with Gasteiger partial charge in [0.1, 0.15) is 0 Å². The Morgan fingerprint density at radius 2 is 0.917 bits per heavy atom. The van der Waals surface area contributed by atoms with Crippen LogP contribution in [0.3, 0.4) is 0 Å². The molecule has 0 heterocycles. The van der Waals surface area contributed by atoms with Crippen LogP contribution in [-0.2, 0) is 0 Å². The van der Waals surface area contributed by atoms with E-state index in [0.29, 0.717) is 0 Å². The third-order valence-electron chi connectivity index (χ3n) is 1.77. The molecule has 0 amide bonds. The Morgan fingerprint density at radius 3 is 0.917 bits per heavy atom. The van der Waals surface area contributed by atoms with Gasteiger partial charge >= 0.3 is 7.87 Å². The molecule has 0 aliphatic heterocycles. The Morgan fingerprint density at radius 1 is 0.750 bits per heavy atom. The van der Waals surface area contributed by atoms with Crippen LogP contribution < -0.4 is 5.50 Å². The fourth-order valence-corrected chi connectivity index (χ4v) is 3.22. The summed E-state index contributed by atoms with van der Waals surface area (Å²) in [6, 6.07) is 0. The number of nitrogens with two attached hydrogens (primary N) is 1. The molecule has 0 aliphatic rings. The van der Waals surface area contributed by atoms with E-state index in [1.54, 1.807) is 0 Å². The van der Waals surface area contributed by atoms with Gasteiger partial charge < -0.3 is 0 Å². The summed E-state index contributed by atoms with van der Waals surface area (Å²) in [5.74, 6) is 0. The van der Waals surface area contributed by atoms with Crippen LogP contribution in [0.25, 0.3) is 0 Å². The molecule has 0 saturated heterocycles. The molecule has 0 radical (unpaired) electrons. The molecular formula is C6H21ClN4P+. The molecule has 0 fully saturated rings. The molecule has 0 saturated carbocycles. The molecule has 0 bridgehead atoms. The van der Waals surface area contributed by atoms with E-state index in [1.165, 1.54) is 0 Å². The summed E-state index contributed by atoms with van der Waals surface area (Å²) in [6.07, 6.45) is 0. The highest BCUT2D eigenvalue weighted by Gasteiger charge is 2.43. The maximum absolute atomic E-state index is 6.22. The van der Waals surface area contributed by atoms with Gasteiger partial charge in [-0.15, -0.1) is 26.4 Å². The Labute approximate surface area is 82.6 Å². The molecule has 0 aromatic heterocycles. The SMILES string of the molecule is CN(C)[P+](N)(N(C)C)N(C)C.Cl. The molecule has 6 heteroatoms. The molecular weight excluding hydrogens is 195 g/mol. The predicted octanol–water partition coefficient (Wildman–Crippen LogP) is 0.729. The summed E-state index contributed by atoms with van der Waals surface area (Å²) in [4.78, 5) is 0. The molecule has 0 atom stereocenters. The number of rotatable bonds is 3. The van der Waals surface area contributed by atoms with Crippen molar-refractivity contribution in [1.82, 2.24) is 14.0 Å². The van der Waals surface area contributed by atoms with Gasteiger partial charge in [0, 0.05) is 42.3 Å². The summed E-state index contributed by atoms with van der Waals surface area (Å²) in [6.45, 7) is 0. The van der Waals surface area contributed by atoms with E-state index in [4.69, 9.17) is 5.50 Å². The van der Waals surface area contributed by atoms with Crippen LogP contribution in [-0.4, -0.2) is 56.3 Å². The smallest absolute Gasteiger partial charge is 0.158 e. The predicted molar refractivity (Wildman–Crippen MR) is 59.4 cm³/mol. The second-order valence-corrected chi connectivity index (χ2v) is 6.79. The van der Waals surface area contributed by atoms with Crippen LogP contribution in [0.5, 0.6) is 0 Å². The highest BCUT2D eigenvalue weighted by molar-refractivity contribution is 7.66. The zero-order valence-corrected chi connectivity index (χ0v) is 10.5. The van der Waals surface area contributed by atoms with Gasteiger partial charge in [-0.05, 0) is 0 Å².